The number of benzene rings is 6. The Kier molecular flexibility index (Phi) is 8.79. The van der Waals surface area contributed by atoms with Crippen LogP contribution >= 0.6 is 31.9 Å². The highest BCUT2D eigenvalue weighted by Crippen LogP contribution is 2.39. The molecule has 0 aromatic heterocycles. The van der Waals surface area contributed by atoms with Crippen molar-refractivity contribution < 1.29 is 21.6 Å². The van der Waals surface area contributed by atoms with Gasteiger partial charge in [0.2, 0.25) is 19.7 Å². The molecule has 0 heterocycles. The van der Waals surface area contributed by atoms with Crippen LogP contribution < -0.4 is 4.74 Å². The minimum atomic E-state index is -3.67. The lowest BCUT2D eigenvalue weighted by molar-refractivity contribution is 0.486. The summed E-state index contributed by atoms with van der Waals surface area (Å²) in [5.74, 6) is 1.17. The Hall–Kier alpha value is -4.02. The quantitative estimate of drug-likeness (QED) is 0.154. The molecule has 0 spiro atoms. The summed E-state index contributed by atoms with van der Waals surface area (Å²) in [6, 6.07) is 41.6. The molecule has 6 aromatic rings. The van der Waals surface area contributed by atoms with Crippen molar-refractivity contribution >= 4 is 51.5 Å². The van der Waals surface area contributed by atoms with Crippen LogP contribution in [0.25, 0.3) is 22.3 Å². The van der Waals surface area contributed by atoms with E-state index in [2.05, 4.69) is 31.9 Å². The van der Waals surface area contributed by atoms with E-state index in [9.17, 15) is 16.8 Å². The van der Waals surface area contributed by atoms with Crippen molar-refractivity contribution in [2.75, 3.05) is 0 Å². The zero-order valence-corrected chi connectivity index (χ0v) is 28.3. The van der Waals surface area contributed by atoms with Crippen molar-refractivity contribution in [1.82, 2.24) is 0 Å². The highest BCUT2D eigenvalue weighted by molar-refractivity contribution is 9.10. The molecule has 5 nitrogen and oxygen atoms in total. The van der Waals surface area contributed by atoms with Crippen LogP contribution in [-0.4, -0.2) is 16.8 Å². The summed E-state index contributed by atoms with van der Waals surface area (Å²) < 4.78 is 60.7. The minimum absolute atomic E-state index is 0.197. The minimum Gasteiger partial charge on any atom is -0.456 e. The second-order valence-corrected chi connectivity index (χ2v) is 15.8. The highest BCUT2D eigenvalue weighted by Gasteiger charge is 2.20. The Balaban J connectivity index is 1.28. The number of halogens is 2. The lowest BCUT2D eigenvalue weighted by Gasteiger charge is -2.15. The predicted octanol–water partition coefficient (Wildman–Crippen LogP) is 10.0. The van der Waals surface area contributed by atoms with Gasteiger partial charge in [-0.15, -0.1) is 0 Å². The largest absolute Gasteiger partial charge is 0.456 e. The summed E-state index contributed by atoms with van der Waals surface area (Å²) in [4.78, 5) is 0.835. The Morgan fingerprint density at radius 1 is 0.378 bits per heavy atom. The summed E-state index contributed by atoms with van der Waals surface area (Å²) in [5, 5.41) is 0. The van der Waals surface area contributed by atoms with Gasteiger partial charge in [0.25, 0.3) is 0 Å². The number of ether oxygens (including phenoxy) is 1. The molecule has 224 valence electrons. The molecule has 0 saturated carbocycles. The summed E-state index contributed by atoms with van der Waals surface area (Å²) in [6.45, 7) is 0. The molecule has 9 heteroatoms. The highest BCUT2D eigenvalue weighted by atomic mass is 79.9. The maximum atomic E-state index is 13.2. The van der Waals surface area contributed by atoms with Gasteiger partial charge in [-0.1, -0.05) is 92.5 Å². The molecule has 0 amide bonds. The van der Waals surface area contributed by atoms with Gasteiger partial charge in [0.1, 0.15) is 11.5 Å². The van der Waals surface area contributed by atoms with Crippen LogP contribution in [0.2, 0.25) is 0 Å². The van der Waals surface area contributed by atoms with E-state index in [1.54, 1.807) is 97.1 Å². The fourth-order valence-electron chi connectivity index (χ4n) is 4.83. The monoisotopic (exact) mass is 758 g/mol. The van der Waals surface area contributed by atoms with Crippen LogP contribution in [0.4, 0.5) is 0 Å². The number of hydrogen-bond donors (Lipinski definition) is 0. The second-order valence-electron chi connectivity index (χ2n) is 10.1. The number of para-hydroxylation sites is 2. The standard InChI is InChI=1S/C36H24Br2O5S2/c37-27-13-21-31(22-14-27)44(39,40)29-17-9-25(10-18-29)33-5-1-3-7-35(33)43-36-8-4-2-6-34(36)26-11-19-30(20-12-26)45(41,42)32-23-15-28(38)16-24-32/h1-24H. The number of rotatable bonds is 8. The molecule has 6 rings (SSSR count). The number of sulfone groups is 2. The summed E-state index contributed by atoms with van der Waals surface area (Å²) in [5.41, 5.74) is 3.16. The molecule has 0 unspecified atom stereocenters. The van der Waals surface area contributed by atoms with Crippen molar-refractivity contribution in [3.8, 4) is 33.8 Å². The second kappa shape index (κ2) is 12.8. The van der Waals surface area contributed by atoms with Crippen molar-refractivity contribution in [3.05, 3.63) is 155 Å². The van der Waals surface area contributed by atoms with Crippen LogP contribution in [0.15, 0.2) is 174 Å². The first-order valence-electron chi connectivity index (χ1n) is 13.7. The van der Waals surface area contributed by atoms with Crippen molar-refractivity contribution in [2.45, 2.75) is 19.6 Å². The zero-order chi connectivity index (χ0) is 31.6. The Labute approximate surface area is 279 Å². The molecule has 6 aromatic carbocycles. The van der Waals surface area contributed by atoms with E-state index >= 15 is 0 Å². The third-order valence-corrected chi connectivity index (χ3v) is 11.8. The first-order chi connectivity index (χ1) is 21.6. The number of hydrogen-bond acceptors (Lipinski definition) is 5. The third kappa shape index (κ3) is 6.53. The first kappa shape index (κ1) is 31.0. The van der Waals surface area contributed by atoms with Gasteiger partial charge < -0.3 is 4.74 Å². The molecular weight excluding hydrogens is 736 g/mol. The molecule has 0 bridgehead atoms. The smallest absolute Gasteiger partial charge is 0.206 e. The summed E-state index contributed by atoms with van der Waals surface area (Å²) in [7, 11) is -7.34. The topological polar surface area (TPSA) is 77.5 Å². The molecule has 0 radical (unpaired) electrons. The van der Waals surface area contributed by atoms with E-state index in [0.29, 0.717) is 11.5 Å². The van der Waals surface area contributed by atoms with Crippen molar-refractivity contribution in [2.24, 2.45) is 0 Å². The Morgan fingerprint density at radius 2 is 0.667 bits per heavy atom. The Bertz CT molecular complexity index is 2040. The predicted molar refractivity (Wildman–Crippen MR) is 183 cm³/mol. The molecule has 0 N–H and O–H groups in total. The molecule has 0 aliphatic rings. The van der Waals surface area contributed by atoms with Crippen molar-refractivity contribution in [3.63, 3.8) is 0 Å². The van der Waals surface area contributed by atoms with Gasteiger partial charge in [0.15, 0.2) is 0 Å². The van der Waals surface area contributed by atoms with Gasteiger partial charge in [-0.3, -0.25) is 0 Å². The van der Waals surface area contributed by atoms with E-state index < -0.39 is 19.7 Å². The van der Waals surface area contributed by atoms with Gasteiger partial charge in [-0.25, -0.2) is 16.8 Å². The average molecular weight is 761 g/mol. The molecule has 0 aliphatic carbocycles. The fraction of sp³-hybridized carbons (Fsp3) is 0. The van der Waals surface area contributed by atoms with E-state index in [4.69, 9.17) is 4.74 Å². The first-order valence-corrected chi connectivity index (χ1v) is 18.3. The zero-order valence-electron chi connectivity index (χ0n) is 23.5. The van der Waals surface area contributed by atoms with Crippen LogP contribution in [-0.2, 0) is 19.7 Å². The summed E-state index contributed by atoms with van der Waals surface area (Å²) in [6.07, 6.45) is 0. The molecular formula is C36H24Br2O5S2. The fourth-order valence-corrected chi connectivity index (χ4v) is 7.88. The van der Waals surface area contributed by atoms with Crippen LogP contribution in [0, 0.1) is 0 Å². The van der Waals surface area contributed by atoms with Crippen LogP contribution in [0.3, 0.4) is 0 Å². The van der Waals surface area contributed by atoms with Crippen LogP contribution in [0.1, 0.15) is 0 Å². The van der Waals surface area contributed by atoms with Gasteiger partial charge in [0, 0.05) is 20.1 Å². The maximum absolute atomic E-state index is 13.2. The van der Waals surface area contributed by atoms with E-state index in [0.717, 1.165) is 31.2 Å². The van der Waals surface area contributed by atoms with E-state index in [1.165, 1.54) is 0 Å². The maximum Gasteiger partial charge on any atom is 0.206 e. The molecule has 0 aliphatic heterocycles. The third-order valence-electron chi connectivity index (χ3n) is 7.19. The van der Waals surface area contributed by atoms with E-state index in [-0.39, 0.29) is 19.6 Å². The molecule has 0 atom stereocenters. The molecule has 0 fully saturated rings. The van der Waals surface area contributed by atoms with Crippen molar-refractivity contribution in [1.29, 1.82) is 0 Å². The van der Waals surface area contributed by atoms with Gasteiger partial charge in [-0.05, 0) is 96.1 Å². The van der Waals surface area contributed by atoms with Gasteiger partial charge in [0.05, 0.1) is 19.6 Å². The SMILES string of the molecule is O=S(=O)(c1ccc(Br)cc1)c1ccc(-c2ccccc2Oc2ccccc2-c2ccc(S(=O)(=O)c3ccc(Br)cc3)cc2)cc1. The van der Waals surface area contributed by atoms with Gasteiger partial charge >= 0.3 is 0 Å². The van der Waals surface area contributed by atoms with Gasteiger partial charge in [-0.2, -0.15) is 0 Å². The lowest BCUT2D eigenvalue weighted by atomic mass is 10.0. The van der Waals surface area contributed by atoms with E-state index in [1.807, 2.05) is 48.5 Å². The molecule has 0 saturated heterocycles. The lowest BCUT2D eigenvalue weighted by Crippen LogP contribution is -2.01. The molecule has 45 heavy (non-hydrogen) atoms. The average Bonchev–Trinajstić information content (AvgIpc) is 3.06. The Morgan fingerprint density at radius 3 is 1.00 bits per heavy atom. The van der Waals surface area contributed by atoms with Crippen LogP contribution in [0.5, 0.6) is 11.5 Å². The normalized spacial score (nSPS) is 11.7. The summed E-state index contributed by atoms with van der Waals surface area (Å²) >= 11 is 6.68.